The van der Waals surface area contributed by atoms with E-state index in [1.54, 1.807) is 49.4 Å². The fourth-order valence-electron chi connectivity index (χ4n) is 2.98. The van der Waals surface area contributed by atoms with Gasteiger partial charge in [-0.25, -0.2) is 0 Å². The fourth-order valence-corrected chi connectivity index (χ4v) is 3.11. The molecule has 0 heterocycles. The molecule has 0 radical (unpaired) electrons. The summed E-state index contributed by atoms with van der Waals surface area (Å²) in [6.07, 6.45) is -3.13. The second-order valence-corrected chi connectivity index (χ2v) is 7.29. The van der Waals surface area contributed by atoms with E-state index in [0.29, 0.717) is 33.9 Å². The Labute approximate surface area is 197 Å². The lowest BCUT2D eigenvalue weighted by atomic mass is 10.0. The number of ether oxygens (including phenoxy) is 2. The van der Waals surface area contributed by atoms with Gasteiger partial charge in [0.05, 0.1) is 28.7 Å². The van der Waals surface area contributed by atoms with Crippen molar-refractivity contribution in [2.24, 2.45) is 0 Å². The number of halogens is 4. The molecule has 0 bridgehead atoms. The smallest absolute Gasteiger partial charge is 0.416 e. The van der Waals surface area contributed by atoms with Crippen molar-refractivity contribution >= 4 is 28.9 Å². The van der Waals surface area contributed by atoms with Crippen LogP contribution in [0.4, 0.5) is 18.9 Å². The molecule has 0 aliphatic carbocycles. The van der Waals surface area contributed by atoms with E-state index in [-0.39, 0.29) is 23.9 Å². The van der Waals surface area contributed by atoms with Crippen LogP contribution in [-0.2, 0) is 6.18 Å². The Bertz CT molecular complexity index is 1280. The molecule has 3 aromatic rings. The normalized spacial score (nSPS) is 11.6. The van der Waals surface area contributed by atoms with Crippen molar-refractivity contribution in [2.75, 3.05) is 6.61 Å². The first kappa shape index (κ1) is 24.6. The molecule has 0 unspecified atom stereocenters. The molecule has 3 aromatic carbocycles. The molecule has 0 atom stereocenters. The molecule has 0 fully saturated rings. The highest BCUT2D eigenvalue weighted by atomic mass is 35.5. The quantitative estimate of drug-likeness (QED) is 0.148. The highest BCUT2D eigenvalue weighted by Gasteiger charge is 2.33. The van der Waals surface area contributed by atoms with Crippen molar-refractivity contribution in [3.63, 3.8) is 0 Å². The summed E-state index contributed by atoms with van der Waals surface area (Å²) in [5.74, 6) is -0.119. The molecule has 0 aromatic heterocycles. The van der Waals surface area contributed by atoms with E-state index in [1.165, 1.54) is 6.07 Å². The third-order valence-corrected chi connectivity index (χ3v) is 4.81. The van der Waals surface area contributed by atoms with Gasteiger partial charge >= 0.3 is 11.9 Å². The minimum Gasteiger partial charge on any atom is -0.490 e. The number of nitro groups is 1. The zero-order valence-electron chi connectivity index (χ0n) is 17.6. The van der Waals surface area contributed by atoms with Gasteiger partial charge in [0, 0.05) is 11.1 Å². The molecule has 0 N–H and O–H groups in total. The molecular weight excluding hydrogens is 473 g/mol. The van der Waals surface area contributed by atoms with Crippen LogP contribution in [0.3, 0.4) is 0 Å². The van der Waals surface area contributed by atoms with Crippen molar-refractivity contribution in [3.8, 4) is 23.3 Å². The molecule has 174 valence electrons. The number of hydrogen-bond donors (Lipinski definition) is 0. The van der Waals surface area contributed by atoms with Gasteiger partial charge in [-0.1, -0.05) is 29.8 Å². The Morgan fingerprint density at radius 2 is 1.76 bits per heavy atom. The number of alkyl halides is 3. The van der Waals surface area contributed by atoms with Gasteiger partial charge < -0.3 is 9.47 Å². The third kappa shape index (κ3) is 5.85. The zero-order chi connectivity index (χ0) is 24.9. The molecule has 0 spiro atoms. The molecule has 0 amide bonds. The predicted molar refractivity (Wildman–Crippen MR) is 121 cm³/mol. The summed E-state index contributed by atoms with van der Waals surface area (Å²) < 4.78 is 50.0. The van der Waals surface area contributed by atoms with Gasteiger partial charge in [0.2, 0.25) is 5.75 Å². The molecule has 34 heavy (non-hydrogen) atoms. The van der Waals surface area contributed by atoms with Crippen molar-refractivity contribution in [1.29, 1.82) is 5.26 Å². The fraction of sp³-hybridized carbons (Fsp3) is 0.125. The maximum absolute atomic E-state index is 13.0. The molecule has 6 nitrogen and oxygen atoms in total. The van der Waals surface area contributed by atoms with E-state index in [2.05, 4.69) is 6.07 Å². The summed E-state index contributed by atoms with van der Waals surface area (Å²) in [7, 11) is 0. The van der Waals surface area contributed by atoms with Crippen LogP contribution in [0.25, 0.3) is 11.6 Å². The van der Waals surface area contributed by atoms with Crippen LogP contribution in [-0.4, -0.2) is 11.5 Å². The van der Waals surface area contributed by atoms with E-state index in [9.17, 15) is 28.5 Å². The first-order valence-electron chi connectivity index (χ1n) is 9.80. The van der Waals surface area contributed by atoms with E-state index < -0.39 is 22.4 Å². The molecule has 0 saturated heterocycles. The molecule has 0 saturated carbocycles. The first-order valence-corrected chi connectivity index (χ1v) is 10.2. The minimum absolute atomic E-state index is 0.0619. The summed E-state index contributed by atoms with van der Waals surface area (Å²) >= 11 is 5.89. The van der Waals surface area contributed by atoms with Crippen molar-refractivity contribution in [3.05, 3.63) is 92.5 Å². The van der Waals surface area contributed by atoms with Crippen LogP contribution in [0.2, 0.25) is 5.02 Å². The van der Waals surface area contributed by atoms with Gasteiger partial charge in [0.1, 0.15) is 0 Å². The minimum atomic E-state index is -4.74. The Morgan fingerprint density at radius 3 is 2.35 bits per heavy atom. The largest absolute Gasteiger partial charge is 0.490 e. The lowest BCUT2D eigenvalue weighted by Gasteiger charge is -2.14. The molecule has 3 rings (SSSR count). The van der Waals surface area contributed by atoms with Crippen LogP contribution < -0.4 is 9.47 Å². The molecular formula is C24H16ClF3N2O4. The van der Waals surface area contributed by atoms with Crippen molar-refractivity contribution < 1.29 is 27.6 Å². The molecule has 10 heteroatoms. The Hall–Kier alpha value is -4.03. The lowest BCUT2D eigenvalue weighted by Crippen LogP contribution is -2.06. The number of nitrogens with zero attached hydrogens (tertiary/aromatic N) is 2. The van der Waals surface area contributed by atoms with Gasteiger partial charge in [-0.15, -0.1) is 0 Å². The Morgan fingerprint density at radius 1 is 1.09 bits per heavy atom. The summed E-state index contributed by atoms with van der Waals surface area (Å²) in [6, 6.07) is 15.4. The second-order valence-electron chi connectivity index (χ2n) is 6.86. The number of allylic oxidation sites excluding steroid dienone is 1. The zero-order valence-corrected chi connectivity index (χ0v) is 18.4. The second kappa shape index (κ2) is 10.3. The van der Waals surface area contributed by atoms with Crippen LogP contribution in [0.5, 0.6) is 17.2 Å². The van der Waals surface area contributed by atoms with E-state index in [1.807, 2.05) is 0 Å². The third-order valence-electron chi connectivity index (χ3n) is 4.56. The maximum Gasteiger partial charge on any atom is 0.416 e. The van der Waals surface area contributed by atoms with Gasteiger partial charge in [-0.2, -0.15) is 18.4 Å². The monoisotopic (exact) mass is 488 g/mol. The van der Waals surface area contributed by atoms with E-state index >= 15 is 0 Å². The first-order chi connectivity index (χ1) is 16.1. The number of nitriles is 1. The maximum atomic E-state index is 13.0. The average Bonchev–Trinajstić information content (AvgIpc) is 2.79. The summed E-state index contributed by atoms with van der Waals surface area (Å²) in [5.41, 5.74) is -0.431. The number of rotatable bonds is 7. The van der Waals surface area contributed by atoms with Crippen LogP contribution >= 0.6 is 11.6 Å². The SMILES string of the molecule is CCOc1cc(/C=C(\C#N)c2ccc(Cl)cc2)ccc1Oc1ccc(C(F)(F)F)cc1[N+](=O)[O-]. The molecule has 0 aliphatic rings. The Balaban J connectivity index is 1.99. The van der Waals surface area contributed by atoms with Crippen LogP contribution in [0.1, 0.15) is 23.6 Å². The number of benzene rings is 3. The standard InChI is InChI=1S/C24H16ClF3N2O4/c1-2-33-23-12-15(11-17(14-29)16-4-7-19(25)8-5-16)3-9-22(23)34-21-10-6-18(24(26,27)28)13-20(21)30(31)32/h3-13H,2H2,1H3/b17-11+. The van der Waals surface area contributed by atoms with Gasteiger partial charge in [0.15, 0.2) is 11.5 Å². The van der Waals surface area contributed by atoms with Crippen molar-refractivity contribution in [2.45, 2.75) is 13.1 Å². The number of nitro benzene ring substituents is 1. The van der Waals surface area contributed by atoms with Crippen LogP contribution in [0, 0.1) is 21.4 Å². The highest BCUT2D eigenvalue weighted by Crippen LogP contribution is 2.40. The van der Waals surface area contributed by atoms with Gasteiger partial charge in [0.25, 0.3) is 0 Å². The van der Waals surface area contributed by atoms with E-state index in [0.717, 1.165) is 6.07 Å². The van der Waals surface area contributed by atoms with Crippen molar-refractivity contribution in [1.82, 2.24) is 0 Å². The lowest BCUT2D eigenvalue weighted by molar-refractivity contribution is -0.385. The topological polar surface area (TPSA) is 85.4 Å². The van der Waals surface area contributed by atoms with E-state index in [4.69, 9.17) is 21.1 Å². The van der Waals surface area contributed by atoms with Gasteiger partial charge in [-0.05, 0) is 60.5 Å². The summed E-state index contributed by atoms with van der Waals surface area (Å²) in [6.45, 7) is 1.93. The van der Waals surface area contributed by atoms with Gasteiger partial charge in [-0.3, -0.25) is 10.1 Å². The number of hydrogen-bond acceptors (Lipinski definition) is 5. The highest BCUT2D eigenvalue weighted by molar-refractivity contribution is 6.30. The van der Waals surface area contributed by atoms with Crippen LogP contribution in [0.15, 0.2) is 60.7 Å². The Kier molecular flexibility index (Phi) is 7.44. The summed E-state index contributed by atoms with van der Waals surface area (Å²) in [4.78, 5) is 10.4. The molecule has 0 aliphatic heterocycles. The summed E-state index contributed by atoms with van der Waals surface area (Å²) in [5, 5.41) is 21.4. The predicted octanol–water partition coefficient (Wildman–Crippen LogP) is 7.52. The average molecular weight is 489 g/mol.